The minimum atomic E-state index is -0.712. The molecule has 1 aromatic heterocycles. The Balaban J connectivity index is 2.44. The minimum Gasteiger partial charge on any atom is -0.461 e. The SMILES string of the molecule is CCOC(=O)c1nnc(CCC(O)CN=[N+]=[N-])s1. The van der Waals surface area contributed by atoms with Crippen LogP contribution in [0.5, 0.6) is 0 Å². The van der Waals surface area contributed by atoms with Gasteiger partial charge in [0, 0.05) is 11.3 Å². The number of rotatable bonds is 7. The van der Waals surface area contributed by atoms with Crippen molar-refractivity contribution >= 4 is 17.3 Å². The first kappa shape index (κ1) is 14.4. The molecule has 1 unspecified atom stereocenters. The molecule has 98 valence electrons. The van der Waals surface area contributed by atoms with Gasteiger partial charge < -0.3 is 9.84 Å². The molecule has 1 rings (SSSR count). The Morgan fingerprint density at radius 3 is 3.11 bits per heavy atom. The zero-order valence-corrected chi connectivity index (χ0v) is 10.6. The van der Waals surface area contributed by atoms with Crippen molar-refractivity contribution in [3.05, 3.63) is 20.5 Å². The summed E-state index contributed by atoms with van der Waals surface area (Å²) in [5.74, 6) is -0.490. The number of hydrogen-bond acceptors (Lipinski definition) is 7. The van der Waals surface area contributed by atoms with Gasteiger partial charge in [0.25, 0.3) is 0 Å². The van der Waals surface area contributed by atoms with E-state index in [1.165, 1.54) is 0 Å². The second-order valence-electron chi connectivity index (χ2n) is 3.33. The Bertz CT molecular complexity index is 443. The smallest absolute Gasteiger partial charge is 0.369 e. The van der Waals surface area contributed by atoms with Crippen LogP contribution in [0.3, 0.4) is 0 Å². The van der Waals surface area contributed by atoms with Crippen molar-refractivity contribution in [3.8, 4) is 0 Å². The molecular formula is C9H13N5O3S. The molecule has 0 radical (unpaired) electrons. The number of aromatic nitrogens is 2. The standard InChI is InChI=1S/C9H13N5O3S/c1-2-17-9(16)8-13-12-7(18-8)4-3-6(15)5-11-14-10/h6,15H,2-5H2,1H3. The van der Waals surface area contributed by atoms with E-state index in [-0.39, 0.29) is 11.6 Å². The molecule has 0 spiro atoms. The van der Waals surface area contributed by atoms with Crippen molar-refractivity contribution in [2.24, 2.45) is 5.11 Å². The van der Waals surface area contributed by atoms with Gasteiger partial charge in [-0.15, -0.1) is 10.2 Å². The van der Waals surface area contributed by atoms with Gasteiger partial charge in [0.15, 0.2) is 0 Å². The van der Waals surface area contributed by atoms with Gasteiger partial charge in [0.1, 0.15) is 5.01 Å². The molecule has 0 aliphatic carbocycles. The zero-order chi connectivity index (χ0) is 13.4. The van der Waals surface area contributed by atoms with E-state index in [0.717, 1.165) is 11.3 Å². The summed E-state index contributed by atoms with van der Waals surface area (Å²) in [4.78, 5) is 13.9. The van der Waals surface area contributed by atoms with Gasteiger partial charge in [-0.1, -0.05) is 16.5 Å². The summed E-state index contributed by atoms with van der Waals surface area (Å²) in [5, 5.41) is 21.1. The monoisotopic (exact) mass is 271 g/mol. The van der Waals surface area contributed by atoms with Crippen LogP contribution in [0.1, 0.15) is 28.2 Å². The first-order valence-corrected chi connectivity index (χ1v) is 6.17. The average molecular weight is 271 g/mol. The molecule has 1 aromatic rings. The summed E-state index contributed by atoms with van der Waals surface area (Å²) < 4.78 is 4.78. The summed E-state index contributed by atoms with van der Waals surface area (Å²) in [6, 6.07) is 0. The lowest BCUT2D eigenvalue weighted by molar-refractivity contribution is 0.0525. The van der Waals surface area contributed by atoms with Crippen molar-refractivity contribution < 1.29 is 14.6 Å². The van der Waals surface area contributed by atoms with Crippen LogP contribution in [0.15, 0.2) is 5.11 Å². The maximum absolute atomic E-state index is 11.3. The van der Waals surface area contributed by atoms with Gasteiger partial charge in [0.2, 0.25) is 5.01 Å². The van der Waals surface area contributed by atoms with Crippen molar-refractivity contribution in [2.75, 3.05) is 13.2 Å². The summed E-state index contributed by atoms with van der Waals surface area (Å²) in [6.07, 6.45) is 0.159. The summed E-state index contributed by atoms with van der Waals surface area (Å²) in [5.41, 5.74) is 8.09. The number of aliphatic hydroxyl groups excluding tert-OH is 1. The summed E-state index contributed by atoms with van der Waals surface area (Å²) >= 11 is 1.14. The highest BCUT2D eigenvalue weighted by atomic mass is 32.1. The number of nitrogens with zero attached hydrogens (tertiary/aromatic N) is 5. The van der Waals surface area contributed by atoms with Crippen molar-refractivity contribution in [1.82, 2.24) is 10.2 Å². The molecule has 1 atom stereocenters. The van der Waals surface area contributed by atoms with E-state index in [4.69, 9.17) is 10.3 Å². The van der Waals surface area contributed by atoms with Gasteiger partial charge in [-0.2, -0.15) is 0 Å². The Labute approximate surface area is 107 Å². The normalized spacial score (nSPS) is 11.7. The third-order valence-electron chi connectivity index (χ3n) is 1.96. The molecule has 0 saturated heterocycles. The number of ether oxygens (including phenoxy) is 1. The lowest BCUT2D eigenvalue weighted by atomic mass is 10.2. The highest BCUT2D eigenvalue weighted by Crippen LogP contribution is 2.13. The van der Waals surface area contributed by atoms with Gasteiger partial charge in [-0.05, 0) is 18.9 Å². The second kappa shape index (κ2) is 7.59. The largest absolute Gasteiger partial charge is 0.461 e. The summed E-state index contributed by atoms with van der Waals surface area (Å²) in [6.45, 7) is 2.03. The molecule has 9 heteroatoms. The molecular weight excluding hydrogens is 258 g/mol. The van der Waals surface area contributed by atoms with E-state index in [1.54, 1.807) is 6.92 Å². The van der Waals surface area contributed by atoms with Crippen LogP contribution in [0.25, 0.3) is 10.4 Å². The number of carbonyl (C=O) groups is 1. The van der Waals surface area contributed by atoms with Crippen LogP contribution < -0.4 is 0 Å². The Morgan fingerprint density at radius 1 is 1.67 bits per heavy atom. The quantitative estimate of drug-likeness (QED) is 0.347. The fourth-order valence-corrected chi connectivity index (χ4v) is 1.89. The van der Waals surface area contributed by atoms with Gasteiger partial charge in [-0.25, -0.2) is 4.79 Å². The Hall–Kier alpha value is -1.70. The predicted molar refractivity (Wildman–Crippen MR) is 64.2 cm³/mol. The molecule has 1 N–H and O–H groups in total. The fourth-order valence-electron chi connectivity index (χ4n) is 1.14. The molecule has 1 heterocycles. The first-order chi connectivity index (χ1) is 8.67. The van der Waals surface area contributed by atoms with E-state index in [0.29, 0.717) is 24.5 Å². The number of esters is 1. The Morgan fingerprint density at radius 2 is 2.44 bits per heavy atom. The zero-order valence-electron chi connectivity index (χ0n) is 9.81. The lowest BCUT2D eigenvalue weighted by Gasteiger charge is -2.03. The van der Waals surface area contributed by atoms with Gasteiger partial charge in [-0.3, -0.25) is 0 Å². The number of aryl methyl sites for hydroxylation is 1. The third kappa shape index (κ3) is 4.66. The van der Waals surface area contributed by atoms with Gasteiger partial charge in [0.05, 0.1) is 19.3 Å². The van der Waals surface area contributed by atoms with E-state index in [9.17, 15) is 9.90 Å². The summed E-state index contributed by atoms with van der Waals surface area (Å²) in [7, 11) is 0. The molecule has 0 aliphatic rings. The molecule has 0 aliphatic heterocycles. The molecule has 0 bridgehead atoms. The molecule has 18 heavy (non-hydrogen) atoms. The first-order valence-electron chi connectivity index (χ1n) is 5.35. The molecule has 0 aromatic carbocycles. The van der Waals surface area contributed by atoms with Crippen LogP contribution in [-0.2, 0) is 11.2 Å². The lowest BCUT2D eigenvalue weighted by Crippen LogP contribution is -2.11. The topological polar surface area (TPSA) is 121 Å². The van der Waals surface area contributed by atoms with E-state index in [2.05, 4.69) is 20.2 Å². The Kier molecular flexibility index (Phi) is 6.06. The maximum Gasteiger partial charge on any atom is 0.369 e. The van der Waals surface area contributed by atoms with E-state index in [1.807, 2.05) is 0 Å². The fraction of sp³-hybridized carbons (Fsp3) is 0.667. The molecule has 0 saturated carbocycles. The van der Waals surface area contributed by atoms with E-state index >= 15 is 0 Å². The van der Waals surface area contributed by atoms with E-state index < -0.39 is 12.1 Å². The number of aliphatic hydroxyl groups is 1. The minimum absolute atomic E-state index is 0.0278. The molecule has 0 amide bonds. The van der Waals surface area contributed by atoms with Crippen molar-refractivity contribution in [3.63, 3.8) is 0 Å². The van der Waals surface area contributed by atoms with Gasteiger partial charge >= 0.3 is 5.97 Å². The van der Waals surface area contributed by atoms with Crippen LogP contribution in [-0.4, -0.2) is 40.5 Å². The maximum atomic E-state index is 11.3. The van der Waals surface area contributed by atoms with Crippen LogP contribution in [0.4, 0.5) is 0 Å². The van der Waals surface area contributed by atoms with Crippen molar-refractivity contribution in [2.45, 2.75) is 25.9 Å². The highest BCUT2D eigenvalue weighted by molar-refractivity contribution is 7.13. The van der Waals surface area contributed by atoms with Crippen LogP contribution in [0, 0.1) is 0 Å². The predicted octanol–water partition coefficient (Wildman–Crippen LogP) is 1.32. The number of hydrogen-bond donors (Lipinski definition) is 1. The third-order valence-corrected chi connectivity index (χ3v) is 2.93. The molecule has 8 nitrogen and oxygen atoms in total. The number of azide groups is 1. The van der Waals surface area contributed by atoms with Crippen LogP contribution >= 0.6 is 11.3 Å². The molecule has 0 fully saturated rings. The average Bonchev–Trinajstić information content (AvgIpc) is 2.83. The number of carbonyl (C=O) groups excluding carboxylic acids is 1. The van der Waals surface area contributed by atoms with Crippen LogP contribution in [0.2, 0.25) is 0 Å². The highest BCUT2D eigenvalue weighted by Gasteiger charge is 2.14. The van der Waals surface area contributed by atoms with Crippen molar-refractivity contribution in [1.29, 1.82) is 0 Å². The second-order valence-corrected chi connectivity index (χ2v) is 4.39.